The molecule has 2 rings (SSSR count). The third-order valence-electron chi connectivity index (χ3n) is 4.94. The molecule has 132 valence electrons. The summed E-state index contributed by atoms with van der Waals surface area (Å²) in [6.45, 7) is 16.2. The lowest BCUT2D eigenvalue weighted by atomic mass is 9.89. The summed E-state index contributed by atoms with van der Waals surface area (Å²) >= 11 is 0. The predicted octanol–water partition coefficient (Wildman–Crippen LogP) is 3.25. The number of nitrogens with zero attached hydrogens (tertiary/aromatic N) is 2. The van der Waals surface area contributed by atoms with E-state index < -0.39 is 0 Å². The zero-order chi connectivity index (χ0) is 15.8. The van der Waals surface area contributed by atoms with Crippen LogP contribution in [0, 0.1) is 5.41 Å². The second-order valence-electron chi connectivity index (χ2n) is 6.96. The Bertz CT molecular complexity index is 414. The molecule has 1 aliphatic heterocycles. The van der Waals surface area contributed by atoms with Crippen molar-refractivity contribution in [3.8, 4) is 0 Å². The van der Waals surface area contributed by atoms with E-state index in [4.69, 9.17) is 0 Å². The van der Waals surface area contributed by atoms with Gasteiger partial charge in [-0.3, -0.25) is 4.90 Å². The Labute approximate surface area is 148 Å². The van der Waals surface area contributed by atoms with Crippen LogP contribution in [0.15, 0.2) is 30.3 Å². The van der Waals surface area contributed by atoms with Crippen molar-refractivity contribution in [1.82, 2.24) is 15.1 Å². The van der Waals surface area contributed by atoms with Gasteiger partial charge in [0.05, 0.1) is 0 Å². The quantitative estimate of drug-likeness (QED) is 0.745. The standard InChI is InChI=1S/C19H33N3.ClH/c1-4-21(5-2)13-14-22(15-18-9-7-6-8-10-18)17-19(3)11-12-20-16-19;/h6-10,20H,4-5,11-17H2,1-3H3;1H. The van der Waals surface area contributed by atoms with Gasteiger partial charge in [0.2, 0.25) is 0 Å². The highest BCUT2D eigenvalue weighted by atomic mass is 35.5. The minimum atomic E-state index is 0. The van der Waals surface area contributed by atoms with Gasteiger partial charge in [0, 0.05) is 32.7 Å². The Morgan fingerprint density at radius 1 is 1.04 bits per heavy atom. The molecule has 1 unspecified atom stereocenters. The van der Waals surface area contributed by atoms with E-state index in [9.17, 15) is 0 Å². The molecule has 0 radical (unpaired) electrons. The van der Waals surface area contributed by atoms with Crippen LogP contribution in [0.3, 0.4) is 0 Å². The third-order valence-corrected chi connectivity index (χ3v) is 4.94. The number of hydrogen-bond acceptors (Lipinski definition) is 3. The summed E-state index contributed by atoms with van der Waals surface area (Å²) in [5.74, 6) is 0. The molecule has 0 spiro atoms. The molecule has 0 amide bonds. The minimum absolute atomic E-state index is 0. The Hall–Kier alpha value is -0.610. The summed E-state index contributed by atoms with van der Waals surface area (Å²) in [5.41, 5.74) is 1.86. The monoisotopic (exact) mass is 339 g/mol. The molecule has 0 bridgehead atoms. The molecule has 0 aromatic heterocycles. The maximum absolute atomic E-state index is 3.53. The SMILES string of the molecule is CCN(CC)CCN(Cc1ccccc1)CC1(C)CCNC1.Cl. The zero-order valence-electron chi connectivity index (χ0n) is 15.1. The van der Waals surface area contributed by atoms with Crippen LogP contribution in [0.4, 0.5) is 0 Å². The summed E-state index contributed by atoms with van der Waals surface area (Å²) in [7, 11) is 0. The number of benzene rings is 1. The first-order chi connectivity index (χ1) is 10.6. The molecule has 4 heteroatoms. The molecule has 1 saturated heterocycles. The van der Waals surface area contributed by atoms with E-state index in [1.54, 1.807) is 0 Å². The molecule has 0 aliphatic carbocycles. The lowest BCUT2D eigenvalue weighted by Gasteiger charge is -2.33. The fourth-order valence-corrected chi connectivity index (χ4v) is 3.42. The van der Waals surface area contributed by atoms with E-state index in [0.717, 1.165) is 32.7 Å². The molecule has 1 aromatic rings. The van der Waals surface area contributed by atoms with E-state index in [2.05, 4.69) is 66.2 Å². The first-order valence-corrected chi connectivity index (χ1v) is 8.84. The molecule has 1 atom stereocenters. The minimum Gasteiger partial charge on any atom is -0.316 e. The summed E-state index contributed by atoms with van der Waals surface area (Å²) in [6.07, 6.45) is 1.30. The van der Waals surface area contributed by atoms with Crippen molar-refractivity contribution in [2.45, 2.75) is 33.7 Å². The molecular weight excluding hydrogens is 306 g/mol. The van der Waals surface area contributed by atoms with Gasteiger partial charge in [-0.2, -0.15) is 0 Å². The van der Waals surface area contributed by atoms with E-state index in [0.29, 0.717) is 5.41 Å². The average molecular weight is 340 g/mol. The summed E-state index contributed by atoms with van der Waals surface area (Å²) in [4.78, 5) is 5.17. The maximum atomic E-state index is 3.53. The van der Waals surface area contributed by atoms with Gasteiger partial charge in [-0.25, -0.2) is 0 Å². The van der Waals surface area contributed by atoms with Crippen molar-refractivity contribution in [3.05, 3.63) is 35.9 Å². The number of hydrogen-bond donors (Lipinski definition) is 1. The summed E-state index contributed by atoms with van der Waals surface area (Å²) in [6, 6.07) is 10.9. The lowest BCUT2D eigenvalue weighted by Crippen LogP contribution is -2.41. The van der Waals surface area contributed by atoms with E-state index in [1.165, 1.54) is 31.6 Å². The number of likely N-dealkylation sites (N-methyl/N-ethyl adjacent to an activating group) is 1. The van der Waals surface area contributed by atoms with Crippen LogP contribution in [0.1, 0.15) is 32.8 Å². The molecule has 1 aliphatic rings. The van der Waals surface area contributed by atoms with E-state index in [1.807, 2.05) is 0 Å². The Morgan fingerprint density at radius 2 is 1.70 bits per heavy atom. The second-order valence-corrected chi connectivity index (χ2v) is 6.96. The van der Waals surface area contributed by atoms with Gasteiger partial charge in [0.1, 0.15) is 0 Å². The van der Waals surface area contributed by atoms with Crippen molar-refractivity contribution in [3.63, 3.8) is 0 Å². The normalized spacial score (nSPS) is 20.9. The fraction of sp³-hybridized carbons (Fsp3) is 0.684. The molecule has 3 nitrogen and oxygen atoms in total. The van der Waals surface area contributed by atoms with Crippen LogP contribution < -0.4 is 5.32 Å². The van der Waals surface area contributed by atoms with Crippen molar-refractivity contribution in [1.29, 1.82) is 0 Å². The smallest absolute Gasteiger partial charge is 0.0234 e. The van der Waals surface area contributed by atoms with Gasteiger partial charge < -0.3 is 10.2 Å². The second kappa shape index (κ2) is 10.3. The Morgan fingerprint density at radius 3 is 2.26 bits per heavy atom. The maximum Gasteiger partial charge on any atom is 0.0234 e. The highest BCUT2D eigenvalue weighted by molar-refractivity contribution is 5.85. The van der Waals surface area contributed by atoms with Crippen LogP contribution in [0.5, 0.6) is 0 Å². The van der Waals surface area contributed by atoms with Gasteiger partial charge in [-0.15, -0.1) is 12.4 Å². The van der Waals surface area contributed by atoms with Gasteiger partial charge in [0.25, 0.3) is 0 Å². The van der Waals surface area contributed by atoms with Crippen molar-refractivity contribution in [2.75, 3.05) is 45.8 Å². The fourth-order valence-electron chi connectivity index (χ4n) is 3.42. The lowest BCUT2D eigenvalue weighted by molar-refractivity contribution is 0.149. The van der Waals surface area contributed by atoms with Gasteiger partial charge in [0.15, 0.2) is 0 Å². The molecule has 1 N–H and O–H groups in total. The third kappa shape index (κ3) is 6.80. The van der Waals surface area contributed by atoms with Crippen LogP contribution in [-0.4, -0.2) is 55.6 Å². The van der Waals surface area contributed by atoms with Crippen LogP contribution in [0.25, 0.3) is 0 Å². The molecule has 1 fully saturated rings. The average Bonchev–Trinajstić information content (AvgIpc) is 2.95. The summed E-state index contributed by atoms with van der Waals surface area (Å²) in [5, 5.41) is 3.53. The van der Waals surface area contributed by atoms with E-state index in [-0.39, 0.29) is 12.4 Å². The predicted molar refractivity (Wildman–Crippen MR) is 102 cm³/mol. The van der Waals surface area contributed by atoms with Crippen LogP contribution >= 0.6 is 12.4 Å². The Balaban J connectivity index is 0.00000264. The van der Waals surface area contributed by atoms with Crippen molar-refractivity contribution in [2.24, 2.45) is 5.41 Å². The molecule has 1 heterocycles. The molecule has 23 heavy (non-hydrogen) atoms. The van der Waals surface area contributed by atoms with Crippen LogP contribution in [-0.2, 0) is 6.54 Å². The zero-order valence-corrected chi connectivity index (χ0v) is 15.9. The first kappa shape index (κ1) is 20.4. The Kier molecular flexibility index (Phi) is 9.15. The topological polar surface area (TPSA) is 18.5 Å². The van der Waals surface area contributed by atoms with Crippen molar-refractivity contribution >= 4 is 12.4 Å². The molecule has 1 aromatic carbocycles. The van der Waals surface area contributed by atoms with Gasteiger partial charge in [-0.1, -0.05) is 51.1 Å². The van der Waals surface area contributed by atoms with Crippen LogP contribution in [0.2, 0.25) is 0 Å². The van der Waals surface area contributed by atoms with Crippen molar-refractivity contribution < 1.29 is 0 Å². The number of nitrogens with one attached hydrogen (secondary N) is 1. The summed E-state index contributed by atoms with van der Waals surface area (Å²) < 4.78 is 0. The largest absolute Gasteiger partial charge is 0.316 e. The number of rotatable bonds is 9. The highest BCUT2D eigenvalue weighted by Gasteiger charge is 2.30. The number of halogens is 1. The highest BCUT2D eigenvalue weighted by Crippen LogP contribution is 2.26. The molecule has 0 saturated carbocycles. The van der Waals surface area contributed by atoms with E-state index >= 15 is 0 Å². The first-order valence-electron chi connectivity index (χ1n) is 8.84. The van der Waals surface area contributed by atoms with Gasteiger partial charge >= 0.3 is 0 Å². The molecular formula is C19H34ClN3. The van der Waals surface area contributed by atoms with Gasteiger partial charge in [-0.05, 0) is 37.0 Å².